The lowest BCUT2D eigenvalue weighted by Crippen LogP contribution is -2.60. The van der Waals surface area contributed by atoms with Gasteiger partial charge in [-0.3, -0.25) is 0 Å². The van der Waals surface area contributed by atoms with E-state index in [1.165, 1.54) is 4.90 Å². The second-order valence-electron chi connectivity index (χ2n) is 8.38. The number of carbonyl (C=O) groups excluding carboxylic acids is 1. The summed E-state index contributed by atoms with van der Waals surface area (Å²) >= 11 is 0. The molecule has 4 rings (SSSR count). The molecule has 0 saturated carbocycles. The molecule has 0 unspecified atom stereocenters. The molecular formula is C23H27F2N3O4S. The molecule has 2 atom stereocenters. The Hall–Kier alpha value is -2.72. The van der Waals surface area contributed by atoms with Crippen molar-refractivity contribution in [3.63, 3.8) is 0 Å². The number of nitrogens with one attached hydrogen (secondary N) is 1. The number of fused-ring (bicyclic) bond motifs is 5. The molecule has 0 radical (unpaired) electrons. The summed E-state index contributed by atoms with van der Waals surface area (Å²) in [5.41, 5.74) is 1.31. The lowest BCUT2D eigenvalue weighted by atomic mass is 9.90. The van der Waals surface area contributed by atoms with Crippen LogP contribution in [-0.2, 0) is 16.4 Å². The third-order valence-corrected chi connectivity index (χ3v) is 7.14. The summed E-state index contributed by atoms with van der Waals surface area (Å²) < 4.78 is 61.1. The third-order valence-electron chi connectivity index (χ3n) is 6.20. The number of carbonyl (C=O) groups is 1. The smallest absolute Gasteiger partial charge is 0.320 e. The minimum absolute atomic E-state index is 0.0851. The van der Waals surface area contributed by atoms with Crippen molar-refractivity contribution in [2.75, 3.05) is 32.8 Å². The molecule has 2 heterocycles. The number of sulfonamides is 1. The van der Waals surface area contributed by atoms with Crippen molar-refractivity contribution in [2.45, 2.75) is 31.3 Å². The van der Waals surface area contributed by atoms with Crippen LogP contribution in [0.2, 0.25) is 0 Å². The standard InChI is InChI=1S/C23H27F2N3O4S/c1-27-12-13-32-21-10-3-2-7-17(21)18-8-4-6-16(22(18)25)14-20-19(26-33(30,31)15-24)9-5-11-28(20)23(27)29/h2-4,6-8,10,19-20,26H,5,9,11-15H2,1H3/t19-,20-/m0/s1. The summed E-state index contributed by atoms with van der Waals surface area (Å²) in [6.07, 6.45) is 1.05. The summed E-state index contributed by atoms with van der Waals surface area (Å²) in [4.78, 5) is 16.3. The van der Waals surface area contributed by atoms with Gasteiger partial charge >= 0.3 is 6.03 Å². The highest BCUT2D eigenvalue weighted by Gasteiger charge is 2.38. The zero-order valence-electron chi connectivity index (χ0n) is 18.3. The fourth-order valence-electron chi connectivity index (χ4n) is 4.54. The van der Waals surface area contributed by atoms with Crippen LogP contribution in [0.15, 0.2) is 42.5 Å². The van der Waals surface area contributed by atoms with Crippen molar-refractivity contribution in [2.24, 2.45) is 0 Å². The Morgan fingerprint density at radius 1 is 1.12 bits per heavy atom. The van der Waals surface area contributed by atoms with Gasteiger partial charge in [0.1, 0.15) is 18.2 Å². The minimum Gasteiger partial charge on any atom is -0.491 e. The summed E-state index contributed by atoms with van der Waals surface area (Å²) in [6, 6.07) is 8.90. The van der Waals surface area contributed by atoms with Crippen LogP contribution in [0.25, 0.3) is 11.1 Å². The van der Waals surface area contributed by atoms with Gasteiger partial charge in [-0.1, -0.05) is 36.4 Å². The topological polar surface area (TPSA) is 79.0 Å². The average Bonchev–Trinajstić information content (AvgIpc) is 2.81. The number of urea groups is 1. The van der Waals surface area contributed by atoms with Crippen molar-refractivity contribution >= 4 is 16.1 Å². The van der Waals surface area contributed by atoms with E-state index in [-0.39, 0.29) is 25.6 Å². The summed E-state index contributed by atoms with van der Waals surface area (Å²) in [5, 5.41) is 0. The van der Waals surface area contributed by atoms with Crippen LogP contribution in [0.4, 0.5) is 13.6 Å². The zero-order valence-corrected chi connectivity index (χ0v) is 19.2. The van der Waals surface area contributed by atoms with Crippen molar-refractivity contribution < 1.29 is 26.7 Å². The number of rotatable bonds is 3. The molecule has 2 bridgehead atoms. The van der Waals surface area contributed by atoms with Crippen LogP contribution < -0.4 is 9.46 Å². The first kappa shape index (κ1) is 23.4. The number of para-hydroxylation sites is 1. The highest BCUT2D eigenvalue weighted by atomic mass is 32.2. The molecule has 7 nitrogen and oxygen atoms in total. The van der Waals surface area contributed by atoms with E-state index in [4.69, 9.17) is 4.74 Å². The van der Waals surface area contributed by atoms with Gasteiger partial charge in [-0.2, -0.15) is 0 Å². The van der Waals surface area contributed by atoms with Gasteiger partial charge in [-0.25, -0.2) is 26.7 Å². The van der Waals surface area contributed by atoms with Gasteiger partial charge in [-0.15, -0.1) is 0 Å². The van der Waals surface area contributed by atoms with Gasteiger partial charge in [0.25, 0.3) is 0 Å². The van der Waals surface area contributed by atoms with E-state index < -0.39 is 33.9 Å². The van der Waals surface area contributed by atoms with Crippen LogP contribution in [0.1, 0.15) is 18.4 Å². The highest BCUT2D eigenvalue weighted by Crippen LogP contribution is 2.34. The Kier molecular flexibility index (Phi) is 6.85. The fourth-order valence-corrected chi connectivity index (χ4v) is 5.34. The number of benzene rings is 2. The number of alkyl halides is 1. The van der Waals surface area contributed by atoms with Crippen molar-refractivity contribution in [1.82, 2.24) is 14.5 Å². The van der Waals surface area contributed by atoms with Gasteiger partial charge in [0.15, 0.2) is 0 Å². The number of amides is 2. The predicted octanol–water partition coefficient (Wildman–Crippen LogP) is 3.16. The maximum absolute atomic E-state index is 15.7. The largest absolute Gasteiger partial charge is 0.491 e. The monoisotopic (exact) mass is 479 g/mol. The highest BCUT2D eigenvalue weighted by molar-refractivity contribution is 7.89. The molecule has 2 aromatic rings. The number of nitrogens with zero attached hydrogens (tertiary/aromatic N) is 2. The molecule has 0 aromatic heterocycles. The molecule has 0 aliphatic carbocycles. The number of likely N-dealkylation sites (N-methyl/N-ethyl adjacent to an activating group) is 1. The fraction of sp³-hybridized carbons (Fsp3) is 0.435. The van der Waals surface area contributed by atoms with E-state index in [0.29, 0.717) is 41.8 Å². The summed E-state index contributed by atoms with van der Waals surface area (Å²) in [7, 11) is -2.52. The van der Waals surface area contributed by atoms with Gasteiger partial charge in [0, 0.05) is 30.8 Å². The van der Waals surface area contributed by atoms with Crippen LogP contribution in [0.3, 0.4) is 0 Å². The van der Waals surface area contributed by atoms with E-state index >= 15 is 4.39 Å². The molecule has 1 fully saturated rings. The maximum atomic E-state index is 15.7. The molecule has 33 heavy (non-hydrogen) atoms. The Balaban J connectivity index is 1.80. The van der Waals surface area contributed by atoms with Gasteiger partial charge in [0.2, 0.25) is 16.0 Å². The van der Waals surface area contributed by atoms with Crippen molar-refractivity contribution in [1.29, 1.82) is 0 Å². The van der Waals surface area contributed by atoms with Crippen molar-refractivity contribution in [3.8, 4) is 16.9 Å². The SMILES string of the molecule is CN1CCOc2ccccc2-c2cccc(c2F)C[C@H]2[C@@H](NS(=O)(=O)CF)CCCN2C1=O. The minimum atomic E-state index is -4.16. The van der Waals surface area contributed by atoms with E-state index in [2.05, 4.69) is 4.72 Å². The average molecular weight is 480 g/mol. The van der Waals surface area contributed by atoms with Gasteiger partial charge < -0.3 is 14.5 Å². The van der Waals surface area contributed by atoms with Gasteiger partial charge in [-0.05, 0) is 30.9 Å². The Morgan fingerprint density at radius 2 is 1.88 bits per heavy atom. The maximum Gasteiger partial charge on any atom is 0.320 e. The Labute approximate surface area is 192 Å². The van der Waals surface area contributed by atoms with E-state index in [1.54, 1.807) is 54.4 Å². The quantitative estimate of drug-likeness (QED) is 0.734. The Bertz CT molecular complexity index is 1130. The lowest BCUT2D eigenvalue weighted by molar-refractivity contribution is 0.104. The predicted molar refractivity (Wildman–Crippen MR) is 121 cm³/mol. The van der Waals surface area contributed by atoms with Crippen LogP contribution in [0.5, 0.6) is 5.75 Å². The first-order chi connectivity index (χ1) is 15.8. The molecule has 1 saturated heterocycles. The first-order valence-corrected chi connectivity index (χ1v) is 12.5. The molecule has 178 valence electrons. The van der Waals surface area contributed by atoms with Crippen LogP contribution >= 0.6 is 0 Å². The molecule has 2 aliphatic rings. The normalized spacial score (nSPS) is 21.7. The first-order valence-electron chi connectivity index (χ1n) is 10.9. The van der Waals surface area contributed by atoms with E-state index in [1.807, 2.05) is 0 Å². The number of hydrogen-bond acceptors (Lipinski definition) is 4. The molecule has 0 spiro atoms. The number of hydrogen-bond donors (Lipinski definition) is 1. The van der Waals surface area contributed by atoms with E-state index in [0.717, 1.165) is 0 Å². The van der Waals surface area contributed by atoms with E-state index in [9.17, 15) is 17.6 Å². The molecule has 2 aromatic carbocycles. The molecule has 10 heteroatoms. The lowest BCUT2D eigenvalue weighted by Gasteiger charge is -2.43. The van der Waals surface area contributed by atoms with Crippen molar-refractivity contribution in [3.05, 3.63) is 53.8 Å². The molecule has 1 N–H and O–H groups in total. The number of ether oxygens (including phenoxy) is 1. The molecular weight excluding hydrogens is 452 g/mol. The summed E-state index contributed by atoms with van der Waals surface area (Å²) in [5.74, 6) is 0.0613. The second-order valence-corrected chi connectivity index (χ2v) is 10.1. The number of halogens is 2. The Morgan fingerprint density at radius 3 is 2.67 bits per heavy atom. The van der Waals surface area contributed by atoms with Crippen LogP contribution in [0, 0.1) is 5.82 Å². The molecule has 2 aliphatic heterocycles. The summed E-state index contributed by atoms with van der Waals surface area (Å²) in [6.45, 7) is 0.887. The molecule has 2 amide bonds. The second kappa shape index (κ2) is 9.64. The number of piperidine rings is 1. The van der Waals surface area contributed by atoms with Gasteiger partial charge in [0.05, 0.1) is 12.6 Å². The third kappa shape index (κ3) is 4.96. The van der Waals surface area contributed by atoms with Crippen LogP contribution in [-0.4, -0.2) is 69.1 Å². The zero-order chi connectivity index (χ0) is 23.6.